The molecule has 0 radical (unpaired) electrons. The van der Waals surface area contributed by atoms with Crippen LogP contribution in [0.15, 0.2) is 47.8 Å². The van der Waals surface area contributed by atoms with Gasteiger partial charge in [-0.1, -0.05) is 43.5 Å². The first-order valence-electron chi connectivity index (χ1n) is 11.6. The summed E-state index contributed by atoms with van der Waals surface area (Å²) in [6, 6.07) is 11.4. The molecule has 4 nitrogen and oxygen atoms in total. The van der Waals surface area contributed by atoms with Crippen molar-refractivity contribution >= 4 is 34.5 Å². The second kappa shape index (κ2) is 11.2. The number of amides is 1. The average Bonchev–Trinajstić information content (AvgIpc) is 3.32. The fourth-order valence-electron chi connectivity index (χ4n) is 4.25. The van der Waals surface area contributed by atoms with E-state index in [1.807, 2.05) is 17.5 Å². The third-order valence-electron chi connectivity index (χ3n) is 6.15. The molecule has 1 amide bonds. The van der Waals surface area contributed by atoms with E-state index in [0.29, 0.717) is 27.9 Å². The normalized spacial score (nSPS) is 15.0. The van der Waals surface area contributed by atoms with Crippen molar-refractivity contribution in [2.24, 2.45) is 0 Å². The van der Waals surface area contributed by atoms with E-state index >= 15 is 0 Å². The van der Waals surface area contributed by atoms with Crippen molar-refractivity contribution in [2.45, 2.75) is 44.9 Å². The monoisotopic (exact) mass is 485 g/mol. The van der Waals surface area contributed by atoms with Crippen molar-refractivity contribution in [1.82, 2.24) is 9.88 Å². The summed E-state index contributed by atoms with van der Waals surface area (Å²) < 4.78 is 13.9. The Kier molecular flexibility index (Phi) is 8.12. The minimum atomic E-state index is -0.366. The summed E-state index contributed by atoms with van der Waals surface area (Å²) in [5, 5.41) is 6.37. The number of hydrogen-bond acceptors (Lipinski definition) is 4. The van der Waals surface area contributed by atoms with Gasteiger partial charge in [0, 0.05) is 27.6 Å². The van der Waals surface area contributed by atoms with E-state index in [1.165, 1.54) is 37.9 Å². The number of benzene rings is 2. The average molecular weight is 486 g/mol. The van der Waals surface area contributed by atoms with Gasteiger partial charge in [-0.3, -0.25) is 4.79 Å². The molecular formula is C26H29ClFN3OS. The zero-order valence-corrected chi connectivity index (χ0v) is 20.4. The van der Waals surface area contributed by atoms with Gasteiger partial charge in [-0.2, -0.15) is 0 Å². The Bertz CT molecular complexity index is 1080. The number of nitrogens with zero attached hydrogens (tertiary/aromatic N) is 2. The molecule has 0 bridgehead atoms. The Morgan fingerprint density at radius 2 is 1.94 bits per heavy atom. The molecule has 1 fully saturated rings. The van der Waals surface area contributed by atoms with E-state index in [0.717, 1.165) is 36.5 Å². The van der Waals surface area contributed by atoms with E-state index in [4.69, 9.17) is 11.6 Å². The van der Waals surface area contributed by atoms with Crippen LogP contribution in [0.2, 0.25) is 5.02 Å². The van der Waals surface area contributed by atoms with Crippen LogP contribution in [-0.2, 0) is 0 Å². The number of hydrogen-bond donors (Lipinski definition) is 1. The summed E-state index contributed by atoms with van der Waals surface area (Å²) in [5.74, 6) is -0.235. The largest absolute Gasteiger partial charge is 0.320 e. The number of unbranched alkanes of at least 4 members (excludes halogenated alkanes) is 2. The number of carbonyl (C=O) groups excluding carboxylic acids is 1. The van der Waals surface area contributed by atoms with Crippen LogP contribution < -0.4 is 5.32 Å². The van der Waals surface area contributed by atoms with E-state index in [9.17, 15) is 9.18 Å². The number of aromatic nitrogens is 1. The topological polar surface area (TPSA) is 45.2 Å². The molecule has 2 heterocycles. The summed E-state index contributed by atoms with van der Waals surface area (Å²) in [7, 11) is 0. The molecular weight excluding hydrogens is 457 g/mol. The molecule has 1 saturated heterocycles. The zero-order valence-electron chi connectivity index (χ0n) is 18.8. The minimum Gasteiger partial charge on any atom is -0.320 e. The molecule has 1 N–H and O–H groups in total. The predicted molar refractivity (Wildman–Crippen MR) is 135 cm³/mol. The number of piperidine rings is 1. The summed E-state index contributed by atoms with van der Waals surface area (Å²) in [5.41, 5.74) is 2.33. The zero-order chi connectivity index (χ0) is 23.2. The first-order valence-corrected chi connectivity index (χ1v) is 12.8. The smallest absolute Gasteiger partial charge is 0.275 e. The fraction of sp³-hybridized carbons (Fsp3) is 0.385. The molecule has 4 rings (SSSR count). The number of halogens is 2. The van der Waals surface area contributed by atoms with Crippen LogP contribution in [-0.4, -0.2) is 35.4 Å². The maximum absolute atomic E-state index is 13.9. The Labute approximate surface area is 203 Å². The highest BCUT2D eigenvalue weighted by atomic mass is 35.5. The van der Waals surface area contributed by atoms with Gasteiger partial charge in [0.2, 0.25) is 0 Å². The highest BCUT2D eigenvalue weighted by Crippen LogP contribution is 2.32. The first-order chi connectivity index (χ1) is 16.0. The summed E-state index contributed by atoms with van der Waals surface area (Å²) >= 11 is 7.54. The van der Waals surface area contributed by atoms with Gasteiger partial charge in [-0.05, 0) is 74.8 Å². The van der Waals surface area contributed by atoms with E-state index in [1.54, 1.807) is 29.5 Å². The van der Waals surface area contributed by atoms with Gasteiger partial charge >= 0.3 is 0 Å². The fourth-order valence-corrected chi connectivity index (χ4v) is 5.35. The van der Waals surface area contributed by atoms with Crippen molar-refractivity contribution in [2.75, 3.05) is 25.0 Å². The summed E-state index contributed by atoms with van der Waals surface area (Å²) in [4.78, 5) is 20.1. The molecule has 174 valence electrons. The number of likely N-dealkylation sites (tertiary alicyclic amines) is 1. The van der Waals surface area contributed by atoms with Crippen LogP contribution in [0, 0.1) is 5.82 Å². The standard InChI is InChI=1S/C26H29ClFN3OS/c1-2-3-4-13-31-14-11-19(12-15-31)26-30-24(17-33-26)25(32)29-23-10-9-21(28)16-22(23)18-5-7-20(27)8-6-18/h5-10,16-17,19H,2-4,11-15H2,1H3,(H,29,32). The second-order valence-electron chi connectivity index (χ2n) is 8.54. The van der Waals surface area contributed by atoms with Crippen LogP contribution in [0.3, 0.4) is 0 Å². The van der Waals surface area contributed by atoms with Crippen LogP contribution in [0.5, 0.6) is 0 Å². The number of carbonyl (C=O) groups is 1. The predicted octanol–water partition coefficient (Wildman–Crippen LogP) is 7.22. The maximum atomic E-state index is 13.9. The highest BCUT2D eigenvalue weighted by molar-refractivity contribution is 7.10. The SMILES string of the molecule is CCCCCN1CCC(c2nc(C(=O)Nc3ccc(F)cc3-c3ccc(Cl)cc3)cs2)CC1. The van der Waals surface area contributed by atoms with Crippen LogP contribution in [0.25, 0.3) is 11.1 Å². The van der Waals surface area contributed by atoms with Crippen molar-refractivity contribution in [3.05, 3.63) is 69.4 Å². The molecule has 2 aromatic carbocycles. The van der Waals surface area contributed by atoms with Gasteiger partial charge in [0.05, 0.1) is 5.01 Å². The quantitative estimate of drug-likeness (QED) is 0.342. The minimum absolute atomic E-state index is 0.281. The molecule has 1 aliphatic heterocycles. The lowest BCUT2D eigenvalue weighted by Crippen LogP contribution is -2.33. The van der Waals surface area contributed by atoms with Crippen LogP contribution in [0.4, 0.5) is 10.1 Å². The lowest BCUT2D eigenvalue weighted by molar-refractivity contribution is 0.102. The molecule has 0 saturated carbocycles. The van der Waals surface area contributed by atoms with Gasteiger partial charge in [-0.25, -0.2) is 9.37 Å². The molecule has 7 heteroatoms. The second-order valence-corrected chi connectivity index (χ2v) is 9.87. The summed E-state index contributed by atoms with van der Waals surface area (Å²) in [6.07, 6.45) is 5.97. The number of nitrogens with one attached hydrogen (secondary N) is 1. The van der Waals surface area contributed by atoms with Gasteiger partial charge < -0.3 is 10.2 Å². The lowest BCUT2D eigenvalue weighted by atomic mass is 9.97. The third-order valence-corrected chi connectivity index (χ3v) is 7.41. The first kappa shape index (κ1) is 23.9. The summed E-state index contributed by atoms with van der Waals surface area (Å²) in [6.45, 7) is 5.60. The molecule has 1 aromatic heterocycles. The molecule has 0 unspecified atom stereocenters. The number of anilines is 1. The van der Waals surface area contributed by atoms with Crippen LogP contribution >= 0.6 is 22.9 Å². The van der Waals surface area contributed by atoms with Crippen molar-refractivity contribution in [3.63, 3.8) is 0 Å². The van der Waals surface area contributed by atoms with Gasteiger partial charge in [0.15, 0.2) is 0 Å². The Morgan fingerprint density at radius 3 is 2.67 bits per heavy atom. The lowest BCUT2D eigenvalue weighted by Gasteiger charge is -2.30. The molecule has 33 heavy (non-hydrogen) atoms. The highest BCUT2D eigenvalue weighted by Gasteiger charge is 2.24. The molecule has 0 atom stereocenters. The van der Waals surface area contributed by atoms with E-state index in [-0.39, 0.29) is 11.7 Å². The van der Waals surface area contributed by atoms with Gasteiger partial charge in [-0.15, -0.1) is 11.3 Å². The van der Waals surface area contributed by atoms with Crippen molar-refractivity contribution < 1.29 is 9.18 Å². The number of rotatable bonds is 8. The van der Waals surface area contributed by atoms with Gasteiger partial charge in [0.25, 0.3) is 5.91 Å². The number of thiazole rings is 1. The molecule has 0 spiro atoms. The molecule has 1 aliphatic rings. The van der Waals surface area contributed by atoms with Crippen molar-refractivity contribution in [3.8, 4) is 11.1 Å². The molecule has 3 aromatic rings. The Morgan fingerprint density at radius 1 is 1.18 bits per heavy atom. The third kappa shape index (κ3) is 6.19. The molecule has 0 aliphatic carbocycles. The maximum Gasteiger partial charge on any atom is 0.275 e. The van der Waals surface area contributed by atoms with Crippen molar-refractivity contribution in [1.29, 1.82) is 0 Å². The Balaban J connectivity index is 1.41. The van der Waals surface area contributed by atoms with Crippen LogP contribution in [0.1, 0.15) is 60.4 Å². The van der Waals surface area contributed by atoms with Gasteiger partial charge in [0.1, 0.15) is 11.5 Å². The van der Waals surface area contributed by atoms with E-state index in [2.05, 4.69) is 22.1 Å². The Hall–Kier alpha value is -2.28. The van der Waals surface area contributed by atoms with E-state index < -0.39 is 0 Å².